The SMILES string of the molecule is Clc1cc(Br)cc(Cl)c1NCc1csc(Br)c1. The molecule has 0 saturated heterocycles. The molecule has 2 aromatic rings. The number of benzene rings is 1. The Balaban J connectivity index is 2.14. The Kier molecular flexibility index (Phi) is 4.78. The van der Waals surface area contributed by atoms with E-state index in [4.69, 9.17) is 23.2 Å². The molecule has 2 rings (SSSR count). The van der Waals surface area contributed by atoms with E-state index in [-0.39, 0.29) is 0 Å². The van der Waals surface area contributed by atoms with Crippen molar-refractivity contribution in [1.82, 2.24) is 0 Å². The third-order valence-electron chi connectivity index (χ3n) is 2.10. The van der Waals surface area contributed by atoms with Gasteiger partial charge in [-0.05, 0) is 45.1 Å². The summed E-state index contributed by atoms with van der Waals surface area (Å²) in [6, 6.07) is 5.71. The van der Waals surface area contributed by atoms with Gasteiger partial charge in [0.2, 0.25) is 0 Å². The highest BCUT2D eigenvalue weighted by Gasteiger charge is 2.07. The number of nitrogens with one attached hydrogen (secondary N) is 1. The quantitative estimate of drug-likeness (QED) is 0.630. The van der Waals surface area contributed by atoms with Gasteiger partial charge in [0, 0.05) is 11.0 Å². The number of halogens is 4. The van der Waals surface area contributed by atoms with E-state index in [1.165, 1.54) is 5.56 Å². The third kappa shape index (κ3) is 3.61. The lowest BCUT2D eigenvalue weighted by molar-refractivity contribution is 1.16. The second-order valence-corrected chi connectivity index (χ2v) is 7.38. The maximum Gasteiger partial charge on any atom is 0.0722 e. The van der Waals surface area contributed by atoms with Gasteiger partial charge in [-0.15, -0.1) is 11.3 Å². The van der Waals surface area contributed by atoms with Crippen LogP contribution in [-0.2, 0) is 6.54 Å². The predicted molar refractivity (Wildman–Crippen MR) is 83.5 cm³/mol. The summed E-state index contributed by atoms with van der Waals surface area (Å²) in [6.07, 6.45) is 0. The van der Waals surface area contributed by atoms with E-state index < -0.39 is 0 Å². The summed E-state index contributed by atoms with van der Waals surface area (Å²) in [5.74, 6) is 0. The van der Waals surface area contributed by atoms with Crippen LogP contribution in [0.4, 0.5) is 5.69 Å². The zero-order valence-electron chi connectivity index (χ0n) is 8.44. The minimum absolute atomic E-state index is 0.610. The molecule has 90 valence electrons. The lowest BCUT2D eigenvalue weighted by atomic mass is 10.3. The normalized spacial score (nSPS) is 10.6. The summed E-state index contributed by atoms with van der Waals surface area (Å²) in [4.78, 5) is 0. The van der Waals surface area contributed by atoms with Crippen LogP contribution in [-0.4, -0.2) is 0 Å². The van der Waals surface area contributed by atoms with Crippen LogP contribution >= 0.6 is 66.4 Å². The molecule has 0 aliphatic rings. The maximum absolute atomic E-state index is 6.12. The van der Waals surface area contributed by atoms with Crippen LogP contribution in [0.15, 0.2) is 31.8 Å². The number of hydrogen-bond acceptors (Lipinski definition) is 2. The van der Waals surface area contributed by atoms with Crippen molar-refractivity contribution in [2.45, 2.75) is 6.54 Å². The average Bonchev–Trinajstić information content (AvgIpc) is 2.62. The minimum atomic E-state index is 0.610. The van der Waals surface area contributed by atoms with Gasteiger partial charge in [0.1, 0.15) is 0 Å². The van der Waals surface area contributed by atoms with Gasteiger partial charge >= 0.3 is 0 Å². The van der Waals surface area contributed by atoms with E-state index in [1.54, 1.807) is 11.3 Å². The molecule has 0 aliphatic heterocycles. The molecular formula is C11H7Br2Cl2NS. The summed E-state index contributed by atoms with van der Waals surface area (Å²) in [5, 5.41) is 6.54. The number of anilines is 1. The molecule has 0 unspecified atom stereocenters. The first-order chi connectivity index (χ1) is 8.06. The zero-order valence-corrected chi connectivity index (χ0v) is 13.9. The van der Waals surface area contributed by atoms with Crippen LogP contribution in [0.3, 0.4) is 0 Å². The maximum atomic E-state index is 6.12. The molecule has 1 N–H and O–H groups in total. The number of thiophene rings is 1. The van der Waals surface area contributed by atoms with Crippen LogP contribution in [0.25, 0.3) is 0 Å². The minimum Gasteiger partial charge on any atom is -0.379 e. The lowest BCUT2D eigenvalue weighted by Gasteiger charge is -2.10. The molecule has 0 bridgehead atoms. The molecule has 0 fully saturated rings. The first-order valence-electron chi connectivity index (χ1n) is 4.67. The summed E-state index contributed by atoms with van der Waals surface area (Å²) in [6.45, 7) is 0.698. The summed E-state index contributed by atoms with van der Waals surface area (Å²) >= 11 is 20.7. The molecule has 0 spiro atoms. The van der Waals surface area contributed by atoms with Crippen molar-refractivity contribution in [3.63, 3.8) is 0 Å². The van der Waals surface area contributed by atoms with Crippen molar-refractivity contribution in [3.8, 4) is 0 Å². The molecule has 0 amide bonds. The van der Waals surface area contributed by atoms with E-state index in [0.717, 1.165) is 13.9 Å². The molecule has 6 heteroatoms. The molecule has 1 aromatic heterocycles. The molecule has 17 heavy (non-hydrogen) atoms. The number of rotatable bonds is 3. The first-order valence-corrected chi connectivity index (χ1v) is 7.90. The molecule has 0 atom stereocenters. The van der Waals surface area contributed by atoms with Gasteiger partial charge in [-0.3, -0.25) is 0 Å². The van der Waals surface area contributed by atoms with Crippen LogP contribution in [0.1, 0.15) is 5.56 Å². The highest BCUT2D eigenvalue weighted by atomic mass is 79.9. The van der Waals surface area contributed by atoms with Crippen molar-refractivity contribution in [1.29, 1.82) is 0 Å². The molecule has 1 heterocycles. The highest BCUT2D eigenvalue weighted by molar-refractivity contribution is 9.11. The van der Waals surface area contributed by atoms with Gasteiger partial charge in [-0.1, -0.05) is 39.1 Å². The van der Waals surface area contributed by atoms with Crippen LogP contribution < -0.4 is 5.32 Å². The summed E-state index contributed by atoms with van der Waals surface area (Å²) < 4.78 is 1.98. The third-order valence-corrected chi connectivity index (χ3v) is 4.71. The Morgan fingerprint density at radius 1 is 1.12 bits per heavy atom. The fourth-order valence-corrected chi connectivity index (χ4v) is 3.89. The van der Waals surface area contributed by atoms with Crippen LogP contribution in [0, 0.1) is 0 Å². The molecule has 0 radical (unpaired) electrons. The standard InChI is InChI=1S/C11H7Br2Cl2NS/c12-7-2-8(14)11(9(15)3-7)16-4-6-1-10(13)17-5-6/h1-3,5,16H,4H2. The van der Waals surface area contributed by atoms with Gasteiger partial charge in [0.15, 0.2) is 0 Å². The van der Waals surface area contributed by atoms with Gasteiger partial charge in [-0.2, -0.15) is 0 Å². The van der Waals surface area contributed by atoms with Gasteiger partial charge in [0.05, 0.1) is 19.5 Å². The summed E-state index contributed by atoms with van der Waals surface area (Å²) in [5.41, 5.74) is 1.95. The van der Waals surface area contributed by atoms with Crippen molar-refractivity contribution in [3.05, 3.63) is 47.4 Å². The van der Waals surface area contributed by atoms with Crippen LogP contribution in [0.2, 0.25) is 10.0 Å². The van der Waals surface area contributed by atoms with E-state index in [0.29, 0.717) is 16.6 Å². The average molecular weight is 416 g/mol. The van der Waals surface area contributed by atoms with Crippen molar-refractivity contribution < 1.29 is 0 Å². The first kappa shape index (κ1) is 13.7. The number of hydrogen-bond donors (Lipinski definition) is 1. The summed E-state index contributed by atoms with van der Waals surface area (Å²) in [7, 11) is 0. The van der Waals surface area contributed by atoms with Gasteiger partial charge < -0.3 is 5.32 Å². The van der Waals surface area contributed by atoms with E-state index >= 15 is 0 Å². The van der Waals surface area contributed by atoms with E-state index in [9.17, 15) is 0 Å². The topological polar surface area (TPSA) is 12.0 Å². The second-order valence-electron chi connectivity index (χ2n) is 3.36. The Bertz CT molecular complexity index is 519. The Hall–Kier alpha value is 0.260. The molecule has 1 aromatic carbocycles. The highest BCUT2D eigenvalue weighted by Crippen LogP contribution is 2.34. The molecule has 0 saturated carbocycles. The Morgan fingerprint density at radius 3 is 2.29 bits per heavy atom. The molecule has 0 aliphatic carbocycles. The van der Waals surface area contributed by atoms with Crippen molar-refractivity contribution >= 4 is 72.1 Å². The fourth-order valence-electron chi connectivity index (χ4n) is 1.34. The Morgan fingerprint density at radius 2 is 1.76 bits per heavy atom. The zero-order chi connectivity index (χ0) is 12.4. The monoisotopic (exact) mass is 413 g/mol. The van der Waals surface area contributed by atoms with E-state index in [1.807, 2.05) is 12.1 Å². The largest absolute Gasteiger partial charge is 0.379 e. The molecule has 1 nitrogen and oxygen atoms in total. The van der Waals surface area contributed by atoms with Gasteiger partial charge in [-0.25, -0.2) is 0 Å². The van der Waals surface area contributed by atoms with Crippen molar-refractivity contribution in [2.75, 3.05) is 5.32 Å². The fraction of sp³-hybridized carbons (Fsp3) is 0.0909. The smallest absolute Gasteiger partial charge is 0.0722 e. The van der Waals surface area contributed by atoms with Gasteiger partial charge in [0.25, 0.3) is 0 Å². The van der Waals surface area contributed by atoms with Crippen molar-refractivity contribution in [2.24, 2.45) is 0 Å². The van der Waals surface area contributed by atoms with Crippen LogP contribution in [0.5, 0.6) is 0 Å². The second kappa shape index (κ2) is 5.93. The Labute approximate surface area is 130 Å². The lowest BCUT2D eigenvalue weighted by Crippen LogP contribution is -1.99. The van der Waals surface area contributed by atoms with E-state index in [2.05, 4.69) is 48.6 Å². The molecular weight excluding hydrogens is 409 g/mol. The predicted octanol–water partition coefficient (Wildman–Crippen LogP) is 6.19.